The van der Waals surface area contributed by atoms with Crippen LogP contribution in [0.4, 0.5) is 4.39 Å². The second-order valence-corrected chi connectivity index (χ2v) is 6.45. The van der Waals surface area contributed by atoms with E-state index in [4.69, 9.17) is 4.74 Å². The number of ether oxygens (including phenoxy) is 1. The van der Waals surface area contributed by atoms with E-state index in [0.717, 1.165) is 49.7 Å². The van der Waals surface area contributed by atoms with Crippen LogP contribution in [0.5, 0.6) is 11.5 Å². The van der Waals surface area contributed by atoms with Crippen molar-refractivity contribution in [2.75, 3.05) is 33.2 Å². The molecule has 0 radical (unpaired) electrons. The first-order valence-corrected chi connectivity index (χ1v) is 8.18. The van der Waals surface area contributed by atoms with Crippen molar-refractivity contribution in [1.29, 1.82) is 0 Å². The SMILES string of the molecule is CN1CCN(C2Cc3cc(F)ccc3Oc3ccccc32)CC1. The minimum Gasteiger partial charge on any atom is -0.457 e. The van der Waals surface area contributed by atoms with E-state index in [1.807, 2.05) is 12.1 Å². The Morgan fingerprint density at radius 2 is 1.78 bits per heavy atom. The van der Waals surface area contributed by atoms with Gasteiger partial charge in [-0.25, -0.2) is 4.39 Å². The van der Waals surface area contributed by atoms with Crippen LogP contribution >= 0.6 is 0 Å². The van der Waals surface area contributed by atoms with Crippen molar-refractivity contribution in [2.45, 2.75) is 12.5 Å². The highest BCUT2D eigenvalue weighted by Gasteiger charge is 2.29. The van der Waals surface area contributed by atoms with Gasteiger partial charge in [0.2, 0.25) is 0 Å². The van der Waals surface area contributed by atoms with Gasteiger partial charge >= 0.3 is 0 Å². The number of para-hydroxylation sites is 1. The molecule has 0 aliphatic carbocycles. The van der Waals surface area contributed by atoms with E-state index >= 15 is 0 Å². The zero-order valence-electron chi connectivity index (χ0n) is 13.3. The first-order valence-electron chi connectivity index (χ1n) is 8.18. The van der Waals surface area contributed by atoms with Crippen LogP contribution in [0.3, 0.4) is 0 Å². The first kappa shape index (κ1) is 14.7. The molecule has 3 nitrogen and oxygen atoms in total. The number of nitrogens with zero attached hydrogens (tertiary/aromatic N) is 2. The van der Waals surface area contributed by atoms with E-state index in [2.05, 4.69) is 29.0 Å². The molecule has 0 saturated carbocycles. The monoisotopic (exact) mass is 312 g/mol. The Balaban J connectivity index is 1.74. The second kappa shape index (κ2) is 5.95. The molecule has 23 heavy (non-hydrogen) atoms. The number of halogens is 1. The van der Waals surface area contributed by atoms with Crippen LogP contribution in [0.1, 0.15) is 17.2 Å². The molecule has 1 fully saturated rings. The van der Waals surface area contributed by atoms with Gasteiger partial charge in [-0.3, -0.25) is 4.90 Å². The number of hydrogen-bond acceptors (Lipinski definition) is 3. The van der Waals surface area contributed by atoms with E-state index in [1.165, 1.54) is 11.6 Å². The predicted molar refractivity (Wildman–Crippen MR) is 88.4 cm³/mol. The van der Waals surface area contributed by atoms with Gasteiger partial charge in [0.05, 0.1) is 0 Å². The van der Waals surface area contributed by atoms with E-state index in [0.29, 0.717) is 0 Å². The normalized spacial score (nSPS) is 21.9. The molecule has 120 valence electrons. The van der Waals surface area contributed by atoms with E-state index in [-0.39, 0.29) is 11.9 Å². The van der Waals surface area contributed by atoms with Crippen LogP contribution in [0.15, 0.2) is 42.5 Å². The standard InChI is InChI=1S/C19H21FN2O/c1-21-8-10-22(11-9-21)17-13-14-12-15(20)6-7-18(14)23-19-5-3-2-4-16(17)19/h2-7,12,17H,8-11,13H2,1H3. The van der Waals surface area contributed by atoms with Crippen LogP contribution in [0.25, 0.3) is 0 Å². The van der Waals surface area contributed by atoms with Crippen LogP contribution in [0.2, 0.25) is 0 Å². The van der Waals surface area contributed by atoms with Crippen molar-refractivity contribution in [3.05, 3.63) is 59.4 Å². The lowest BCUT2D eigenvalue weighted by molar-refractivity contribution is 0.111. The molecular weight excluding hydrogens is 291 g/mol. The quantitative estimate of drug-likeness (QED) is 0.802. The van der Waals surface area contributed by atoms with Gasteiger partial charge in [0, 0.05) is 37.8 Å². The summed E-state index contributed by atoms with van der Waals surface area (Å²) in [5.74, 6) is 1.47. The lowest BCUT2D eigenvalue weighted by atomic mass is 9.96. The lowest BCUT2D eigenvalue weighted by Gasteiger charge is -2.38. The Morgan fingerprint density at radius 3 is 2.61 bits per heavy atom. The first-order chi connectivity index (χ1) is 11.2. The van der Waals surface area contributed by atoms with Crippen LogP contribution in [-0.4, -0.2) is 43.0 Å². The molecular formula is C19H21FN2O. The molecule has 0 aromatic heterocycles. The Kier molecular flexibility index (Phi) is 3.79. The summed E-state index contributed by atoms with van der Waals surface area (Å²) in [6.07, 6.45) is 0.786. The minimum absolute atomic E-state index is 0.199. The average molecular weight is 312 g/mol. The van der Waals surface area contributed by atoms with E-state index < -0.39 is 0 Å². The van der Waals surface area contributed by atoms with Crippen molar-refractivity contribution in [3.63, 3.8) is 0 Å². The molecule has 1 saturated heterocycles. The van der Waals surface area contributed by atoms with Gasteiger partial charge in [-0.2, -0.15) is 0 Å². The number of likely N-dealkylation sites (N-methyl/N-ethyl adjacent to an activating group) is 1. The summed E-state index contributed by atoms with van der Waals surface area (Å²) >= 11 is 0. The molecule has 4 rings (SSSR count). The average Bonchev–Trinajstić information content (AvgIpc) is 2.72. The van der Waals surface area contributed by atoms with Crippen molar-refractivity contribution in [1.82, 2.24) is 9.80 Å². The van der Waals surface area contributed by atoms with Crippen molar-refractivity contribution in [3.8, 4) is 11.5 Å². The molecule has 4 heteroatoms. The Bertz CT molecular complexity index is 710. The highest BCUT2D eigenvalue weighted by atomic mass is 19.1. The summed E-state index contributed by atoms with van der Waals surface area (Å²) in [5.41, 5.74) is 2.15. The Labute approximate surface area is 136 Å². The fourth-order valence-corrected chi connectivity index (χ4v) is 3.55. The maximum absolute atomic E-state index is 13.7. The van der Waals surface area contributed by atoms with Gasteiger partial charge < -0.3 is 9.64 Å². The van der Waals surface area contributed by atoms with Gasteiger partial charge in [0.1, 0.15) is 17.3 Å². The molecule has 0 spiro atoms. The van der Waals surface area contributed by atoms with Crippen molar-refractivity contribution in [2.24, 2.45) is 0 Å². The third-order valence-corrected chi connectivity index (χ3v) is 4.91. The molecule has 2 aromatic rings. The van der Waals surface area contributed by atoms with Gasteiger partial charge in [-0.15, -0.1) is 0 Å². The summed E-state index contributed by atoms with van der Waals surface area (Å²) in [4.78, 5) is 4.85. The summed E-state index contributed by atoms with van der Waals surface area (Å²) < 4.78 is 19.8. The minimum atomic E-state index is -0.199. The maximum atomic E-state index is 13.7. The molecule has 0 N–H and O–H groups in total. The largest absolute Gasteiger partial charge is 0.457 e. The molecule has 2 aliphatic rings. The third kappa shape index (κ3) is 2.84. The molecule has 2 heterocycles. The van der Waals surface area contributed by atoms with Crippen molar-refractivity contribution >= 4 is 0 Å². The summed E-state index contributed by atoms with van der Waals surface area (Å²) in [5, 5.41) is 0. The highest BCUT2D eigenvalue weighted by molar-refractivity contribution is 5.47. The van der Waals surface area contributed by atoms with Crippen LogP contribution in [-0.2, 0) is 6.42 Å². The summed E-state index contributed by atoms with van der Waals surface area (Å²) in [7, 11) is 2.16. The molecule has 2 aliphatic heterocycles. The number of piperazine rings is 1. The van der Waals surface area contributed by atoms with Crippen LogP contribution < -0.4 is 4.74 Å². The van der Waals surface area contributed by atoms with Crippen molar-refractivity contribution < 1.29 is 9.13 Å². The predicted octanol–water partition coefficient (Wildman–Crippen LogP) is 3.46. The fourth-order valence-electron chi connectivity index (χ4n) is 3.55. The zero-order valence-corrected chi connectivity index (χ0v) is 13.3. The van der Waals surface area contributed by atoms with Gasteiger partial charge in [-0.05, 0) is 43.3 Å². The number of rotatable bonds is 1. The second-order valence-electron chi connectivity index (χ2n) is 6.45. The Hall–Kier alpha value is -1.91. The zero-order chi connectivity index (χ0) is 15.8. The number of benzene rings is 2. The maximum Gasteiger partial charge on any atom is 0.132 e. The molecule has 1 atom stereocenters. The third-order valence-electron chi connectivity index (χ3n) is 4.91. The molecule has 1 unspecified atom stereocenters. The molecule has 2 aromatic carbocycles. The number of hydrogen-bond donors (Lipinski definition) is 0. The van der Waals surface area contributed by atoms with E-state index in [9.17, 15) is 4.39 Å². The van der Waals surface area contributed by atoms with E-state index in [1.54, 1.807) is 12.1 Å². The highest BCUT2D eigenvalue weighted by Crippen LogP contribution is 2.41. The summed E-state index contributed by atoms with van der Waals surface area (Å²) in [6, 6.07) is 13.3. The smallest absolute Gasteiger partial charge is 0.132 e. The lowest BCUT2D eigenvalue weighted by Crippen LogP contribution is -2.46. The van der Waals surface area contributed by atoms with Gasteiger partial charge in [-0.1, -0.05) is 18.2 Å². The molecule has 0 amide bonds. The fraction of sp³-hybridized carbons (Fsp3) is 0.368. The molecule has 0 bridgehead atoms. The Morgan fingerprint density at radius 1 is 1.00 bits per heavy atom. The van der Waals surface area contributed by atoms with Crippen LogP contribution in [0, 0.1) is 5.82 Å². The summed E-state index contributed by atoms with van der Waals surface area (Å²) in [6.45, 7) is 4.19. The van der Waals surface area contributed by atoms with Gasteiger partial charge in [0.25, 0.3) is 0 Å². The number of fused-ring (bicyclic) bond motifs is 2. The van der Waals surface area contributed by atoms with Gasteiger partial charge in [0.15, 0.2) is 0 Å². The topological polar surface area (TPSA) is 15.7 Å².